The number of nitro groups is 1. The van der Waals surface area contributed by atoms with Crippen molar-refractivity contribution in [1.82, 2.24) is 14.8 Å². The van der Waals surface area contributed by atoms with Gasteiger partial charge in [0.05, 0.1) is 10.7 Å². The molecule has 0 bridgehead atoms. The number of carbonyl (C=O) groups is 1. The van der Waals surface area contributed by atoms with Crippen molar-refractivity contribution in [3.05, 3.63) is 94.5 Å². The van der Waals surface area contributed by atoms with Gasteiger partial charge in [0.2, 0.25) is 5.91 Å². The SMILES string of the molecule is Cc1cccc(-c2nnc(SCC(=O)Nc3ccc([N+](=O)[O-])cc3)n2-c2ccccc2)c1. The number of thioether (sulfide) groups is 1. The summed E-state index contributed by atoms with van der Waals surface area (Å²) in [6.45, 7) is 2.02. The Hall–Kier alpha value is -3.98. The van der Waals surface area contributed by atoms with Crippen molar-refractivity contribution >= 4 is 29.0 Å². The van der Waals surface area contributed by atoms with E-state index in [1.165, 1.54) is 36.0 Å². The summed E-state index contributed by atoms with van der Waals surface area (Å²) in [5, 5.41) is 22.8. The van der Waals surface area contributed by atoms with Gasteiger partial charge in [-0.15, -0.1) is 10.2 Å². The van der Waals surface area contributed by atoms with E-state index in [2.05, 4.69) is 15.5 Å². The highest BCUT2D eigenvalue weighted by atomic mass is 32.2. The van der Waals surface area contributed by atoms with Gasteiger partial charge in [-0.2, -0.15) is 0 Å². The number of amides is 1. The monoisotopic (exact) mass is 445 g/mol. The number of aromatic nitrogens is 3. The van der Waals surface area contributed by atoms with Gasteiger partial charge in [0.1, 0.15) is 0 Å². The van der Waals surface area contributed by atoms with Gasteiger partial charge in [-0.1, -0.05) is 53.7 Å². The van der Waals surface area contributed by atoms with E-state index in [4.69, 9.17) is 0 Å². The van der Waals surface area contributed by atoms with Crippen molar-refractivity contribution in [2.45, 2.75) is 12.1 Å². The van der Waals surface area contributed by atoms with E-state index in [1.54, 1.807) is 0 Å². The van der Waals surface area contributed by atoms with E-state index >= 15 is 0 Å². The molecule has 0 saturated heterocycles. The Morgan fingerprint density at radius 1 is 1.03 bits per heavy atom. The van der Waals surface area contributed by atoms with Crippen LogP contribution in [0.25, 0.3) is 17.1 Å². The first-order chi connectivity index (χ1) is 15.5. The zero-order valence-electron chi connectivity index (χ0n) is 17.1. The number of hydrogen-bond donors (Lipinski definition) is 1. The van der Waals surface area contributed by atoms with Crippen LogP contribution in [0.4, 0.5) is 11.4 Å². The molecule has 0 spiro atoms. The third-order valence-electron chi connectivity index (χ3n) is 4.62. The average molecular weight is 446 g/mol. The Labute approximate surface area is 188 Å². The van der Waals surface area contributed by atoms with E-state index in [1.807, 2.05) is 66.1 Å². The lowest BCUT2D eigenvalue weighted by atomic mass is 10.1. The molecule has 1 heterocycles. The zero-order chi connectivity index (χ0) is 22.5. The predicted molar refractivity (Wildman–Crippen MR) is 124 cm³/mol. The van der Waals surface area contributed by atoms with E-state index in [0.717, 1.165) is 16.8 Å². The smallest absolute Gasteiger partial charge is 0.269 e. The molecule has 4 aromatic rings. The minimum atomic E-state index is -0.482. The molecule has 0 aliphatic heterocycles. The molecule has 32 heavy (non-hydrogen) atoms. The zero-order valence-corrected chi connectivity index (χ0v) is 18.0. The number of anilines is 1. The fourth-order valence-corrected chi connectivity index (χ4v) is 3.89. The standard InChI is InChI=1S/C23H19N5O3S/c1-16-6-5-7-17(14-16)22-25-26-23(27(22)19-8-3-2-4-9-19)32-15-21(29)24-18-10-12-20(13-11-18)28(30)31/h2-14H,15H2,1H3,(H,24,29). The number of benzene rings is 3. The molecule has 0 aliphatic carbocycles. The van der Waals surface area contributed by atoms with Gasteiger partial charge >= 0.3 is 0 Å². The summed E-state index contributed by atoms with van der Waals surface area (Å²) < 4.78 is 1.93. The second-order valence-corrected chi connectivity index (χ2v) is 7.93. The number of nitro benzene ring substituents is 1. The number of hydrogen-bond acceptors (Lipinski definition) is 6. The van der Waals surface area contributed by atoms with Crippen LogP contribution in [0.2, 0.25) is 0 Å². The van der Waals surface area contributed by atoms with Gasteiger partial charge in [0.15, 0.2) is 11.0 Å². The molecule has 160 valence electrons. The molecular weight excluding hydrogens is 426 g/mol. The molecule has 0 fully saturated rings. The van der Waals surface area contributed by atoms with Crippen molar-refractivity contribution in [3.63, 3.8) is 0 Å². The molecule has 0 aliphatic rings. The van der Waals surface area contributed by atoms with Gasteiger partial charge in [0, 0.05) is 29.1 Å². The first kappa shape index (κ1) is 21.3. The highest BCUT2D eigenvalue weighted by molar-refractivity contribution is 7.99. The first-order valence-electron chi connectivity index (χ1n) is 9.76. The normalized spacial score (nSPS) is 10.7. The van der Waals surface area contributed by atoms with Crippen LogP contribution >= 0.6 is 11.8 Å². The van der Waals surface area contributed by atoms with Crippen LogP contribution in [0.3, 0.4) is 0 Å². The molecule has 9 heteroatoms. The maximum atomic E-state index is 12.5. The maximum absolute atomic E-state index is 12.5. The molecule has 8 nitrogen and oxygen atoms in total. The lowest BCUT2D eigenvalue weighted by Gasteiger charge is -2.11. The van der Waals surface area contributed by atoms with Crippen molar-refractivity contribution in [2.24, 2.45) is 0 Å². The molecule has 0 radical (unpaired) electrons. The third-order valence-corrected chi connectivity index (χ3v) is 5.55. The average Bonchev–Trinajstić information content (AvgIpc) is 3.23. The second-order valence-electron chi connectivity index (χ2n) is 6.99. The molecular formula is C23H19N5O3S. The lowest BCUT2D eigenvalue weighted by molar-refractivity contribution is -0.384. The van der Waals surface area contributed by atoms with Gasteiger partial charge in [0.25, 0.3) is 5.69 Å². The topological polar surface area (TPSA) is 103 Å². The summed E-state index contributed by atoms with van der Waals surface area (Å²) in [5.41, 5.74) is 3.40. The number of aryl methyl sites for hydroxylation is 1. The van der Waals surface area contributed by atoms with Gasteiger partial charge < -0.3 is 5.32 Å². The van der Waals surface area contributed by atoms with Gasteiger partial charge in [-0.3, -0.25) is 19.5 Å². The lowest BCUT2D eigenvalue weighted by Crippen LogP contribution is -2.14. The summed E-state index contributed by atoms with van der Waals surface area (Å²) in [5.74, 6) is 0.553. The van der Waals surface area contributed by atoms with Crippen LogP contribution in [-0.4, -0.2) is 31.3 Å². The first-order valence-corrected chi connectivity index (χ1v) is 10.7. The number of para-hydroxylation sites is 1. The van der Waals surface area contributed by atoms with E-state index < -0.39 is 4.92 Å². The van der Waals surface area contributed by atoms with Crippen LogP contribution in [-0.2, 0) is 4.79 Å². The molecule has 0 atom stereocenters. The second kappa shape index (κ2) is 9.44. The molecule has 4 rings (SSSR count). The van der Waals surface area contributed by atoms with E-state index in [-0.39, 0.29) is 17.3 Å². The summed E-state index contributed by atoms with van der Waals surface area (Å²) >= 11 is 1.27. The minimum Gasteiger partial charge on any atom is -0.325 e. The van der Waals surface area contributed by atoms with Crippen LogP contribution in [0, 0.1) is 17.0 Å². The Morgan fingerprint density at radius 3 is 2.47 bits per heavy atom. The molecule has 0 unspecified atom stereocenters. The molecule has 1 aromatic heterocycles. The Bertz CT molecular complexity index is 1260. The third kappa shape index (κ3) is 4.84. The van der Waals surface area contributed by atoms with E-state index in [0.29, 0.717) is 16.7 Å². The predicted octanol–water partition coefficient (Wildman–Crippen LogP) is 4.88. The summed E-state index contributed by atoms with van der Waals surface area (Å²) in [6.07, 6.45) is 0. The summed E-state index contributed by atoms with van der Waals surface area (Å²) in [6, 6.07) is 23.4. The quantitative estimate of drug-likeness (QED) is 0.247. The highest BCUT2D eigenvalue weighted by Gasteiger charge is 2.17. The minimum absolute atomic E-state index is 0.0305. The van der Waals surface area contributed by atoms with Crippen LogP contribution in [0.15, 0.2) is 84.0 Å². The van der Waals surface area contributed by atoms with Crippen molar-refractivity contribution in [2.75, 3.05) is 11.1 Å². The van der Waals surface area contributed by atoms with Crippen molar-refractivity contribution in [3.8, 4) is 17.1 Å². The highest BCUT2D eigenvalue weighted by Crippen LogP contribution is 2.28. The van der Waals surface area contributed by atoms with Crippen LogP contribution < -0.4 is 5.32 Å². The molecule has 0 saturated carbocycles. The summed E-state index contributed by atoms with van der Waals surface area (Å²) in [7, 11) is 0. The number of nitrogens with one attached hydrogen (secondary N) is 1. The number of carbonyl (C=O) groups excluding carboxylic acids is 1. The Morgan fingerprint density at radius 2 is 1.78 bits per heavy atom. The van der Waals surface area contributed by atoms with E-state index in [9.17, 15) is 14.9 Å². The fourth-order valence-electron chi connectivity index (χ4n) is 3.14. The molecule has 3 aromatic carbocycles. The van der Waals surface area contributed by atoms with Gasteiger partial charge in [-0.25, -0.2) is 0 Å². The molecule has 1 N–H and O–H groups in total. The van der Waals surface area contributed by atoms with Crippen LogP contribution in [0.1, 0.15) is 5.56 Å². The Balaban J connectivity index is 1.54. The number of rotatable bonds is 7. The van der Waals surface area contributed by atoms with Crippen LogP contribution in [0.5, 0.6) is 0 Å². The van der Waals surface area contributed by atoms with Gasteiger partial charge in [-0.05, 0) is 37.3 Å². The summed E-state index contributed by atoms with van der Waals surface area (Å²) in [4.78, 5) is 22.7. The fraction of sp³-hybridized carbons (Fsp3) is 0.0870. The largest absolute Gasteiger partial charge is 0.325 e. The van der Waals surface area contributed by atoms with Crippen molar-refractivity contribution in [1.29, 1.82) is 0 Å². The number of non-ortho nitro benzene ring substituents is 1. The number of nitrogens with zero attached hydrogens (tertiary/aromatic N) is 4. The Kier molecular flexibility index (Phi) is 6.27. The molecule has 1 amide bonds. The maximum Gasteiger partial charge on any atom is 0.269 e. The van der Waals surface area contributed by atoms with Crippen molar-refractivity contribution < 1.29 is 9.72 Å².